The Morgan fingerprint density at radius 1 is 0.737 bits per heavy atom. The molecule has 0 aliphatic rings. The Morgan fingerprint density at radius 2 is 1.55 bits per heavy atom. The van der Waals surface area contributed by atoms with Gasteiger partial charge in [0.1, 0.15) is 5.52 Å². The number of hydrogen-bond acceptors (Lipinski definition) is 4. The van der Waals surface area contributed by atoms with E-state index in [0.717, 1.165) is 77.3 Å². The number of aromatic nitrogens is 4. The van der Waals surface area contributed by atoms with Crippen LogP contribution in [0.1, 0.15) is 11.3 Å². The molecule has 0 unspecified atom stereocenters. The Morgan fingerprint density at radius 3 is 2.39 bits per heavy atom. The molecule has 0 saturated carbocycles. The van der Waals surface area contributed by atoms with Crippen LogP contribution < -0.4 is 0 Å². The van der Waals surface area contributed by atoms with Crippen LogP contribution in [0.4, 0.5) is 0 Å². The van der Waals surface area contributed by atoms with Crippen molar-refractivity contribution < 1.29 is 4.42 Å². The highest BCUT2D eigenvalue weighted by atomic mass is 16.3. The average Bonchev–Trinajstić information content (AvgIpc) is 3.67. The molecule has 0 fully saturated rings. The number of benzene rings is 4. The van der Waals surface area contributed by atoms with Gasteiger partial charge in [-0.3, -0.25) is 0 Å². The molecule has 5 heteroatoms. The van der Waals surface area contributed by atoms with E-state index in [1.54, 1.807) is 6.08 Å². The molecule has 38 heavy (non-hydrogen) atoms. The Balaban J connectivity index is 1.48. The maximum atomic E-state index is 5.88. The largest absolute Gasteiger partial charge is 0.443 e. The summed E-state index contributed by atoms with van der Waals surface area (Å²) in [5.74, 6) is 0.658. The summed E-state index contributed by atoms with van der Waals surface area (Å²) in [7, 11) is 0. The summed E-state index contributed by atoms with van der Waals surface area (Å²) in [5, 5.41) is 4.52. The highest BCUT2D eigenvalue weighted by Crippen LogP contribution is 2.43. The van der Waals surface area contributed by atoms with Crippen molar-refractivity contribution in [3.05, 3.63) is 110 Å². The number of hydrogen-bond donors (Lipinski definition) is 0. The fraction of sp³-hybridized carbons (Fsp3) is 0. The van der Waals surface area contributed by atoms with Gasteiger partial charge in [0.2, 0.25) is 0 Å². The first-order valence-electron chi connectivity index (χ1n) is 12.4. The molecule has 0 aliphatic carbocycles. The van der Waals surface area contributed by atoms with Crippen molar-refractivity contribution in [1.29, 1.82) is 0 Å². The minimum atomic E-state index is 0.658. The molecule has 0 radical (unpaired) electrons. The molecule has 0 amide bonds. The third-order valence-corrected chi connectivity index (χ3v) is 7.44. The summed E-state index contributed by atoms with van der Waals surface area (Å²) in [4.78, 5) is 14.3. The van der Waals surface area contributed by atoms with Gasteiger partial charge in [-0.1, -0.05) is 73.8 Å². The number of rotatable bonds is 4. The minimum Gasteiger partial charge on any atom is -0.443 e. The van der Waals surface area contributed by atoms with Gasteiger partial charge in [0, 0.05) is 32.8 Å². The highest BCUT2D eigenvalue weighted by Gasteiger charge is 2.22. The first-order valence-corrected chi connectivity index (χ1v) is 12.4. The van der Waals surface area contributed by atoms with Crippen LogP contribution in [0.5, 0.6) is 0 Å². The quantitative estimate of drug-likeness (QED) is 0.250. The smallest absolute Gasteiger partial charge is 0.182 e. The summed E-state index contributed by atoms with van der Waals surface area (Å²) in [6.07, 6.45) is 5.10. The number of para-hydroxylation sites is 1. The summed E-state index contributed by atoms with van der Waals surface area (Å²) in [6.45, 7) is 8.08. The molecule has 5 nitrogen and oxygen atoms in total. The number of nitrogens with zero attached hydrogens (tertiary/aromatic N) is 4. The summed E-state index contributed by atoms with van der Waals surface area (Å²) < 4.78 is 8.21. The molecule has 4 aromatic heterocycles. The van der Waals surface area contributed by atoms with Gasteiger partial charge < -0.3 is 8.82 Å². The lowest BCUT2D eigenvalue weighted by Crippen LogP contribution is -2.00. The molecule has 178 valence electrons. The van der Waals surface area contributed by atoms with Gasteiger partial charge in [0.25, 0.3) is 0 Å². The van der Waals surface area contributed by atoms with E-state index >= 15 is 0 Å². The molecule has 8 aromatic rings. The zero-order valence-corrected chi connectivity index (χ0v) is 20.3. The molecule has 0 aliphatic heterocycles. The van der Waals surface area contributed by atoms with Crippen molar-refractivity contribution in [2.24, 2.45) is 0 Å². The lowest BCUT2D eigenvalue weighted by atomic mass is 10.00. The maximum absolute atomic E-state index is 5.88. The number of fused-ring (bicyclic) bond motifs is 8. The Hall–Kier alpha value is -5.29. The predicted molar refractivity (Wildman–Crippen MR) is 155 cm³/mol. The molecular weight excluding hydrogens is 468 g/mol. The second kappa shape index (κ2) is 7.60. The summed E-state index contributed by atoms with van der Waals surface area (Å²) in [6, 6.07) is 27.1. The van der Waals surface area contributed by atoms with Crippen LogP contribution in [0.15, 0.2) is 103 Å². The van der Waals surface area contributed by atoms with E-state index in [4.69, 9.17) is 14.4 Å². The number of oxazole rings is 1. The monoisotopic (exact) mass is 488 g/mol. The molecule has 0 spiro atoms. The fourth-order valence-electron chi connectivity index (χ4n) is 5.80. The van der Waals surface area contributed by atoms with Gasteiger partial charge in [0.15, 0.2) is 17.8 Å². The Labute approximate surface area is 217 Å². The van der Waals surface area contributed by atoms with E-state index in [2.05, 4.69) is 71.1 Å². The fourth-order valence-corrected chi connectivity index (χ4v) is 5.80. The van der Waals surface area contributed by atoms with Gasteiger partial charge >= 0.3 is 0 Å². The summed E-state index contributed by atoms with van der Waals surface area (Å²) in [5.41, 5.74) is 9.48. The lowest BCUT2D eigenvalue weighted by molar-refractivity contribution is 0.605. The Bertz CT molecular complexity index is 2220. The first-order chi connectivity index (χ1) is 18.8. The normalized spacial score (nSPS) is 11.9. The van der Waals surface area contributed by atoms with Crippen molar-refractivity contribution in [2.75, 3.05) is 0 Å². The van der Waals surface area contributed by atoms with Gasteiger partial charge in [-0.05, 0) is 30.3 Å². The summed E-state index contributed by atoms with van der Waals surface area (Å²) >= 11 is 0. The van der Waals surface area contributed by atoms with Gasteiger partial charge in [-0.2, -0.15) is 0 Å². The van der Waals surface area contributed by atoms with Crippen molar-refractivity contribution >= 4 is 61.3 Å². The van der Waals surface area contributed by atoms with Crippen LogP contribution >= 0.6 is 0 Å². The van der Waals surface area contributed by atoms with Crippen LogP contribution in [0.2, 0.25) is 0 Å². The molecule has 0 atom stereocenters. The molecule has 4 heterocycles. The second-order valence-corrected chi connectivity index (χ2v) is 9.40. The van der Waals surface area contributed by atoms with Crippen LogP contribution in [-0.4, -0.2) is 19.4 Å². The molecule has 0 saturated heterocycles. The van der Waals surface area contributed by atoms with Crippen LogP contribution in [0, 0.1) is 0 Å². The van der Waals surface area contributed by atoms with Crippen LogP contribution in [-0.2, 0) is 0 Å². The van der Waals surface area contributed by atoms with Crippen LogP contribution in [0.25, 0.3) is 84.0 Å². The van der Waals surface area contributed by atoms with Crippen molar-refractivity contribution in [3.8, 4) is 22.6 Å². The first kappa shape index (κ1) is 20.9. The zero-order chi connectivity index (χ0) is 25.4. The van der Waals surface area contributed by atoms with E-state index < -0.39 is 0 Å². The van der Waals surface area contributed by atoms with Crippen molar-refractivity contribution in [3.63, 3.8) is 0 Å². The third kappa shape index (κ3) is 2.67. The molecule has 0 N–H and O–H groups in total. The SMILES string of the molecule is C=Cc1nc(-c2ccccc2)nc(-c2ccc3c(c2)c2cc4ncoc4c4c5ccccc5n3c24)c1C=C. The molecule has 8 rings (SSSR count). The third-order valence-electron chi connectivity index (χ3n) is 7.44. The highest BCUT2D eigenvalue weighted by molar-refractivity contribution is 6.30. The van der Waals surface area contributed by atoms with E-state index in [0.29, 0.717) is 5.82 Å². The van der Waals surface area contributed by atoms with E-state index in [1.165, 1.54) is 6.39 Å². The van der Waals surface area contributed by atoms with Gasteiger partial charge in [-0.15, -0.1) is 0 Å². The topological polar surface area (TPSA) is 56.2 Å². The van der Waals surface area contributed by atoms with E-state index in [1.807, 2.05) is 36.4 Å². The van der Waals surface area contributed by atoms with Crippen LogP contribution in [0.3, 0.4) is 0 Å². The Kier molecular flexibility index (Phi) is 4.17. The maximum Gasteiger partial charge on any atom is 0.182 e. The van der Waals surface area contributed by atoms with Gasteiger partial charge in [-0.25, -0.2) is 15.0 Å². The van der Waals surface area contributed by atoms with Gasteiger partial charge in [0.05, 0.1) is 33.3 Å². The average molecular weight is 489 g/mol. The zero-order valence-electron chi connectivity index (χ0n) is 20.3. The molecule has 0 bridgehead atoms. The second-order valence-electron chi connectivity index (χ2n) is 9.40. The molecule has 4 aromatic carbocycles. The van der Waals surface area contributed by atoms with Crippen molar-refractivity contribution in [1.82, 2.24) is 19.4 Å². The predicted octanol–water partition coefficient (Wildman–Crippen LogP) is 8.39. The van der Waals surface area contributed by atoms with Crippen molar-refractivity contribution in [2.45, 2.75) is 0 Å². The molecular formula is C33H20N4O. The van der Waals surface area contributed by atoms with E-state index in [-0.39, 0.29) is 0 Å². The minimum absolute atomic E-state index is 0.658. The lowest BCUT2D eigenvalue weighted by Gasteiger charge is -2.12. The van der Waals surface area contributed by atoms with E-state index in [9.17, 15) is 0 Å². The standard InChI is InChI=1S/C33H20N4O/c1-3-21-25(4-2)35-33(19-10-6-5-7-11-19)36-30(21)20-14-15-28-23(16-20)24-17-26-32(38-18-34-26)29-22-12-8-9-13-27(22)37(28)31(24)29/h3-18H,1-2H2.